The monoisotopic (exact) mass is 431 g/mol. The van der Waals surface area contributed by atoms with Gasteiger partial charge in [-0.15, -0.1) is 0 Å². The lowest BCUT2D eigenvalue weighted by Crippen LogP contribution is -2.82. The number of nitrogens with one attached hydrogen (secondary N) is 2. The first-order valence-corrected chi connectivity index (χ1v) is 11.5. The third-order valence-corrected chi connectivity index (χ3v) is 8.04. The Bertz CT molecular complexity index is 1240. The van der Waals surface area contributed by atoms with Gasteiger partial charge in [0.2, 0.25) is 11.8 Å². The molecule has 5 aliphatic rings. The van der Waals surface area contributed by atoms with Gasteiger partial charge < -0.3 is 19.9 Å². The molecule has 2 amide bonds. The normalized spacial score (nSPS) is 32.0. The summed E-state index contributed by atoms with van der Waals surface area (Å²) in [5.74, 6) is 0.820. The van der Waals surface area contributed by atoms with Crippen molar-refractivity contribution >= 4 is 28.8 Å². The second-order valence-electron chi connectivity index (χ2n) is 10.5. The van der Waals surface area contributed by atoms with Crippen LogP contribution in [0.4, 0.5) is 0 Å². The summed E-state index contributed by atoms with van der Waals surface area (Å²) in [5.41, 5.74) is 1.99. The highest BCUT2D eigenvalue weighted by Gasteiger charge is 2.68. The van der Waals surface area contributed by atoms with Crippen molar-refractivity contribution in [3.8, 4) is 5.75 Å². The zero-order chi connectivity index (χ0) is 22.5. The maximum Gasteiger partial charge on any atom is 0.250 e. The van der Waals surface area contributed by atoms with Crippen LogP contribution in [0.25, 0.3) is 17.0 Å². The van der Waals surface area contributed by atoms with Crippen LogP contribution in [-0.4, -0.2) is 44.9 Å². The molecule has 2 aromatic rings. The van der Waals surface area contributed by atoms with Gasteiger partial charge in [0.25, 0.3) is 0 Å². The Hall–Kier alpha value is -3.02. The highest BCUT2D eigenvalue weighted by molar-refractivity contribution is 6.06. The largest absolute Gasteiger partial charge is 0.483 e. The Kier molecular flexibility index (Phi) is 3.72. The topological polar surface area (TPSA) is 74.4 Å². The van der Waals surface area contributed by atoms with Crippen LogP contribution in [0.5, 0.6) is 5.75 Å². The molecule has 1 aromatic heterocycles. The number of fused-ring (bicyclic) bond motifs is 5. The third kappa shape index (κ3) is 2.35. The summed E-state index contributed by atoms with van der Waals surface area (Å²) >= 11 is 0. The molecule has 4 fully saturated rings. The molecule has 0 aliphatic carbocycles. The van der Waals surface area contributed by atoms with Crippen LogP contribution in [0.15, 0.2) is 36.6 Å². The number of H-pyrrole nitrogens is 1. The van der Waals surface area contributed by atoms with E-state index in [1.54, 1.807) is 0 Å². The van der Waals surface area contributed by atoms with Gasteiger partial charge in [0.1, 0.15) is 22.4 Å². The number of ether oxygens (including phenoxy) is 1. The van der Waals surface area contributed by atoms with Crippen LogP contribution in [0.2, 0.25) is 0 Å². The predicted octanol–water partition coefficient (Wildman–Crippen LogP) is 3.72. The van der Waals surface area contributed by atoms with E-state index < -0.39 is 11.1 Å². The fourth-order valence-electron chi connectivity index (χ4n) is 6.48. The van der Waals surface area contributed by atoms with E-state index in [2.05, 4.69) is 35.1 Å². The van der Waals surface area contributed by atoms with Crippen molar-refractivity contribution < 1.29 is 14.3 Å². The molecule has 6 nitrogen and oxygen atoms in total. The average Bonchev–Trinajstić information content (AvgIpc) is 3.34. The van der Waals surface area contributed by atoms with Gasteiger partial charge in [-0.3, -0.25) is 9.59 Å². The van der Waals surface area contributed by atoms with Crippen LogP contribution in [0.1, 0.15) is 51.2 Å². The molecule has 32 heavy (non-hydrogen) atoms. The van der Waals surface area contributed by atoms with Gasteiger partial charge in [0.15, 0.2) is 0 Å². The van der Waals surface area contributed by atoms with Gasteiger partial charge in [-0.2, -0.15) is 0 Å². The first-order valence-electron chi connectivity index (χ1n) is 11.5. The number of piperidine rings is 2. The predicted molar refractivity (Wildman–Crippen MR) is 123 cm³/mol. The second kappa shape index (κ2) is 6.06. The fourth-order valence-corrected chi connectivity index (χ4v) is 6.48. The second-order valence-corrected chi connectivity index (χ2v) is 10.5. The van der Waals surface area contributed by atoms with E-state index in [1.165, 1.54) is 0 Å². The minimum Gasteiger partial charge on any atom is -0.483 e. The highest BCUT2D eigenvalue weighted by Crippen LogP contribution is 2.52. The Morgan fingerprint density at radius 3 is 2.91 bits per heavy atom. The van der Waals surface area contributed by atoms with Crippen LogP contribution in [0.3, 0.4) is 0 Å². The molecular weight excluding hydrogens is 402 g/mol. The number of hydrogen-bond acceptors (Lipinski definition) is 3. The number of amides is 2. The maximum absolute atomic E-state index is 13.8. The van der Waals surface area contributed by atoms with Crippen LogP contribution >= 0.6 is 0 Å². The smallest absolute Gasteiger partial charge is 0.250 e. The van der Waals surface area contributed by atoms with Gasteiger partial charge in [0, 0.05) is 36.0 Å². The van der Waals surface area contributed by atoms with E-state index in [-0.39, 0.29) is 23.3 Å². The van der Waals surface area contributed by atoms with E-state index in [1.807, 2.05) is 37.9 Å². The molecule has 6 heteroatoms. The molecule has 2 bridgehead atoms. The van der Waals surface area contributed by atoms with E-state index in [0.29, 0.717) is 19.4 Å². The van der Waals surface area contributed by atoms with E-state index >= 15 is 0 Å². The Labute approximate surface area is 187 Å². The third-order valence-electron chi connectivity index (χ3n) is 8.04. The maximum atomic E-state index is 13.8. The van der Waals surface area contributed by atoms with Crippen LogP contribution in [0, 0.1) is 5.92 Å². The number of nitrogens with zero attached hydrogens (tertiary/aromatic N) is 1. The molecule has 166 valence electrons. The van der Waals surface area contributed by atoms with E-state index in [9.17, 15) is 9.59 Å². The number of aromatic nitrogens is 1. The molecule has 0 radical (unpaired) electrons. The summed E-state index contributed by atoms with van der Waals surface area (Å²) < 4.78 is 6.12. The first kappa shape index (κ1) is 19.6. The van der Waals surface area contributed by atoms with Crippen molar-refractivity contribution in [2.45, 2.75) is 63.1 Å². The number of rotatable bonds is 3. The van der Waals surface area contributed by atoms with E-state index in [0.717, 1.165) is 46.2 Å². The molecule has 4 saturated heterocycles. The summed E-state index contributed by atoms with van der Waals surface area (Å²) in [6.07, 6.45) is 8.86. The van der Waals surface area contributed by atoms with Gasteiger partial charge >= 0.3 is 0 Å². The Morgan fingerprint density at radius 1 is 1.31 bits per heavy atom. The molecule has 2 N–H and O–H groups in total. The zero-order valence-electron chi connectivity index (χ0n) is 18.9. The van der Waals surface area contributed by atoms with Crippen molar-refractivity contribution in [3.05, 3.63) is 47.7 Å². The van der Waals surface area contributed by atoms with Crippen LogP contribution in [-0.2, 0) is 16.0 Å². The molecule has 7 rings (SSSR count). The molecule has 0 saturated carbocycles. The summed E-state index contributed by atoms with van der Waals surface area (Å²) in [6, 6.07) is 4.06. The molecule has 6 heterocycles. The first-order chi connectivity index (χ1) is 15.2. The zero-order valence-corrected chi connectivity index (χ0v) is 18.9. The number of benzene rings is 1. The summed E-state index contributed by atoms with van der Waals surface area (Å²) in [5, 5.41) is 4.26. The van der Waals surface area contributed by atoms with Crippen molar-refractivity contribution in [1.29, 1.82) is 0 Å². The molecular formula is C26H29N3O3. The lowest BCUT2D eigenvalue weighted by molar-refractivity contribution is -0.172. The number of hydrogen-bond donors (Lipinski definition) is 2. The molecule has 3 atom stereocenters. The summed E-state index contributed by atoms with van der Waals surface area (Å²) in [4.78, 5) is 32.4. The minimum absolute atomic E-state index is 0.00267. The minimum atomic E-state index is -0.978. The number of piperazine rings is 1. The quantitative estimate of drug-likeness (QED) is 0.728. The van der Waals surface area contributed by atoms with Crippen LogP contribution < -0.4 is 10.1 Å². The van der Waals surface area contributed by atoms with Gasteiger partial charge in [-0.1, -0.05) is 12.2 Å². The summed E-state index contributed by atoms with van der Waals surface area (Å²) in [7, 11) is 0. The highest BCUT2D eigenvalue weighted by atomic mass is 16.5. The van der Waals surface area contributed by atoms with Gasteiger partial charge in [-0.05, 0) is 69.9 Å². The van der Waals surface area contributed by atoms with Crippen molar-refractivity contribution in [2.75, 3.05) is 6.54 Å². The van der Waals surface area contributed by atoms with Crippen molar-refractivity contribution in [3.63, 3.8) is 0 Å². The summed E-state index contributed by atoms with van der Waals surface area (Å²) in [6.45, 7) is 10.9. The molecule has 2 unspecified atom stereocenters. The Morgan fingerprint density at radius 2 is 2.12 bits per heavy atom. The Balaban J connectivity index is 1.45. The lowest BCUT2D eigenvalue weighted by Gasteiger charge is -2.59. The lowest BCUT2D eigenvalue weighted by atomic mass is 9.61. The number of carbonyl (C=O) groups excluding carboxylic acids is 2. The average molecular weight is 432 g/mol. The molecule has 5 aliphatic heterocycles. The molecule has 1 spiro atoms. The van der Waals surface area contributed by atoms with Gasteiger partial charge in [-0.25, -0.2) is 0 Å². The van der Waals surface area contributed by atoms with Crippen molar-refractivity contribution in [1.82, 2.24) is 15.2 Å². The number of aromatic amines is 1. The fraction of sp³-hybridized carbons (Fsp3) is 0.462. The van der Waals surface area contributed by atoms with Crippen molar-refractivity contribution in [2.24, 2.45) is 5.92 Å². The number of carbonyl (C=O) groups is 2. The molecule has 1 aromatic carbocycles. The standard InChI is InChI=1S/C26H29N3O3/c1-15(2)19-13-25-9-5-11-29(25)23(31)26(19,28-22(25)30)12-16-14-27-21-17(16)6-7-20-18(21)8-10-24(3,4)32-20/h6-8,10,14,19,27H,1,5,9,11-13H2,2-4H3,(H,28,30)/t19?,25-,26?/m1/s1. The van der Waals surface area contributed by atoms with E-state index in [4.69, 9.17) is 4.74 Å². The SMILES string of the molecule is C=C(C)C1C[C@@]23CCCN2C(=O)C1(Cc1c[nH]c2c4c(ccc12)OC(C)(C)C=C4)NC3=O. The van der Waals surface area contributed by atoms with Gasteiger partial charge in [0.05, 0.1) is 5.52 Å².